The van der Waals surface area contributed by atoms with Crippen LogP contribution < -0.4 is 0 Å². The molecule has 0 atom stereocenters. The summed E-state index contributed by atoms with van der Waals surface area (Å²) >= 11 is 1.50. The Hall–Kier alpha value is -0.510. The van der Waals surface area contributed by atoms with Gasteiger partial charge < -0.3 is 0 Å². The highest BCUT2D eigenvalue weighted by Crippen LogP contribution is 2.01. The second-order valence-electron chi connectivity index (χ2n) is 1.81. The molecule has 1 aromatic rings. The third-order valence-corrected chi connectivity index (χ3v) is 1.65. The molecule has 0 radical (unpaired) electrons. The molecule has 0 saturated heterocycles. The molecule has 3 nitrogen and oxygen atoms in total. The molecule has 4 heteroatoms. The molecule has 11 heavy (non-hydrogen) atoms. The summed E-state index contributed by atoms with van der Waals surface area (Å²) in [6, 6.07) is 0. The van der Waals surface area contributed by atoms with Crippen LogP contribution in [0.3, 0.4) is 0 Å². The molecule has 0 amide bonds. The van der Waals surface area contributed by atoms with E-state index < -0.39 is 0 Å². The SMILES string of the molecule is CC.CSn1nc(C)c(C)n1. The minimum absolute atomic E-state index is 1.00. The van der Waals surface area contributed by atoms with E-state index in [1.807, 2.05) is 34.0 Å². The highest BCUT2D eigenvalue weighted by molar-refractivity contribution is 7.96. The van der Waals surface area contributed by atoms with Crippen LogP contribution in [0.25, 0.3) is 0 Å². The van der Waals surface area contributed by atoms with Crippen molar-refractivity contribution < 1.29 is 0 Å². The average molecular weight is 173 g/mol. The fraction of sp³-hybridized carbons (Fsp3) is 0.714. The first-order chi connectivity index (χ1) is 5.24. The van der Waals surface area contributed by atoms with E-state index in [4.69, 9.17) is 0 Å². The van der Waals surface area contributed by atoms with Gasteiger partial charge in [-0.15, -0.1) is 14.4 Å². The second-order valence-corrected chi connectivity index (χ2v) is 2.50. The molecule has 0 saturated carbocycles. The monoisotopic (exact) mass is 173 g/mol. The van der Waals surface area contributed by atoms with Crippen molar-refractivity contribution in [2.75, 3.05) is 6.26 Å². The van der Waals surface area contributed by atoms with E-state index in [2.05, 4.69) is 10.2 Å². The summed E-state index contributed by atoms with van der Waals surface area (Å²) in [7, 11) is 0. The Bertz CT molecular complexity index is 188. The van der Waals surface area contributed by atoms with E-state index in [1.54, 1.807) is 4.20 Å². The van der Waals surface area contributed by atoms with E-state index in [1.165, 1.54) is 11.9 Å². The van der Waals surface area contributed by atoms with E-state index >= 15 is 0 Å². The summed E-state index contributed by atoms with van der Waals surface area (Å²) in [5, 5.41) is 8.19. The standard InChI is InChI=1S/C5H9N3S.C2H6/c1-4-5(2)7-8(6-4)9-3;1-2/h1-3H3;1-2H3. The van der Waals surface area contributed by atoms with Gasteiger partial charge in [-0.2, -0.15) is 0 Å². The van der Waals surface area contributed by atoms with Gasteiger partial charge in [0.05, 0.1) is 11.4 Å². The van der Waals surface area contributed by atoms with Crippen LogP contribution in [0.5, 0.6) is 0 Å². The van der Waals surface area contributed by atoms with Crippen molar-refractivity contribution in [3.8, 4) is 0 Å². The minimum atomic E-state index is 1.00. The molecule has 0 bridgehead atoms. The van der Waals surface area contributed by atoms with Gasteiger partial charge in [-0.1, -0.05) is 13.8 Å². The second kappa shape index (κ2) is 5.18. The van der Waals surface area contributed by atoms with Crippen molar-refractivity contribution in [2.24, 2.45) is 0 Å². The third kappa shape index (κ3) is 2.93. The van der Waals surface area contributed by atoms with Crippen LogP contribution in [0.4, 0.5) is 0 Å². The Morgan fingerprint density at radius 1 is 1.09 bits per heavy atom. The minimum Gasteiger partial charge on any atom is -0.147 e. The van der Waals surface area contributed by atoms with E-state index in [0.29, 0.717) is 0 Å². The molecule has 1 aromatic heterocycles. The zero-order valence-electron chi connectivity index (χ0n) is 7.75. The lowest BCUT2D eigenvalue weighted by atomic mass is 10.4. The molecule has 0 spiro atoms. The normalized spacial score (nSPS) is 8.82. The van der Waals surface area contributed by atoms with E-state index in [-0.39, 0.29) is 0 Å². The van der Waals surface area contributed by atoms with Gasteiger partial charge in [0.2, 0.25) is 0 Å². The molecule has 0 aliphatic rings. The van der Waals surface area contributed by atoms with Gasteiger partial charge in [-0.25, -0.2) is 0 Å². The first-order valence-corrected chi connectivity index (χ1v) is 4.87. The predicted molar refractivity (Wildman–Crippen MR) is 49.8 cm³/mol. The first-order valence-electron chi connectivity index (χ1n) is 3.69. The summed E-state index contributed by atoms with van der Waals surface area (Å²) in [5.41, 5.74) is 2.01. The molecular formula is C7H15N3S. The Labute approximate surface area is 72.3 Å². The van der Waals surface area contributed by atoms with Crippen LogP contribution >= 0.6 is 11.9 Å². The highest BCUT2D eigenvalue weighted by atomic mass is 32.2. The fourth-order valence-corrected chi connectivity index (χ4v) is 0.914. The van der Waals surface area contributed by atoms with E-state index in [9.17, 15) is 0 Å². The van der Waals surface area contributed by atoms with Gasteiger partial charge >= 0.3 is 0 Å². The molecule has 0 aliphatic heterocycles. The topological polar surface area (TPSA) is 30.7 Å². The lowest BCUT2D eigenvalue weighted by Crippen LogP contribution is -1.88. The van der Waals surface area contributed by atoms with Crippen molar-refractivity contribution in [3.05, 3.63) is 11.4 Å². The van der Waals surface area contributed by atoms with Gasteiger partial charge in [0, 0.05) is 6.26 Å². The number of aryl methyl sites for hydroxylation is 2. The Morgan fingerprint density at radius 3 is 1.64 bits per heavy atom. The number of hydrogen-bond donors (Lipinski definition) is 0. The molecule has 0 N–H and O–H groups in total. The molecule has 64 valence electrons. The molecule has 0 fully saturated rings. The largest absolute Gasteiger partial charge is 0.147 e. The molecule has 1 heterocycles. The molecular weight excluding hydrogens is 158 g/mol. The summed E-state index contributed by atoms with van der Waals surface area (Å²) in [6.45, 7) is 7.91. The van der Waals surface area contributed by atoms with Gasteiger partial charge in [0.15, 0.2) is 0 Å². The first kappa shape index (κ1) is 10.5. The maximum Gasteiger partial charge on any atom is 0.0836 e. The molecule has 0 aliphatic carbocycles. The number of rotatable bonds is 1. The van der Waals surface area contributed by atoms with Crippen LogP contribution in [0.2, 0.25) is 0 Å². The summed E-state index contributed by atoms with van der Waals surface area (Å²) in [6.07, 6.45) is 1.94. The fourth-order valence-electron chi connectivity index (χ4n) is 0.505. The van der Waals surface area contributed by atoms with Gasteiger partial charge in [0.25, 0.3) is 0 Å². The Morgan fingerprint density at radius 2 is 1.45 bits per heavy atom. The van der Waals surface area contributed by atoms with Crippen molar-refractivity contribution in [1.29, 1.82) is 0 Å². The predicted octanol–water partition coefficient (Wildman–Crippen LogP) is 2.05. The van der Waals surface area contributed by atoms with Crippen LogP contribution in [0.15, 0.2) is 0 Å². The maximum absolute atomic E-state index is 4.10. The molecule has 1 rings (SSSR count). The zero-order valence-corrected chi connectivity index (χ0v) is 8.57. The number of nitrogens with zero attached hydrogens (tertiary/aromatic N) is 3. The van der Waals surface area contributed by atoms with E-state index in [0.717, 1.165) is 11.4 Å². The molecule has 0 aromatic carbocycles. The number of hydrogen-bond acceptors (Lipinski definition) is 3. The average Bonchev–Trinajstić information content (AvgIpc) is 2.36. The lowest BCUT2D eigenvalue weighted by molar-refractivity contribution is 0.850. The summed E-state index contributed by atoms with van der Waals surface area (Å²) in [4.78, 5) is 0. The van der Waals surface area contributed by atoms with Crippen molar-refractivity contribution in [3.63, 3.8) is 0 Å². The van der Waals surface area contributed by atoms with Crippen LogP contribution in [0, 0.1) is 13.8 Å². The van der Waals surface area contributed by atoms with Crippen LogP contribution in [0.1, 0.15) is 25.2 Å². The zero-order chi connectivity index (χ0) is 8.85. The third-order valence-electron chi connectivity index (χ3n) is 1.16. The van der Waals surface area contributed by atoms with Crippen LogP contribution in [-0.4, -0.2) is 20.7 Å². The Balaban J connectivity index is 0.000000461. The van der Waals surface area contributed by atoms with Gasteiger partial charge in [-0.05, 0) is 25.8 Å². The quantitative estimate of drug-likeness (QED) is 0.651. The van der Waals surface area contributed by atoms with Gasteiger partial charge in [-0.3, -0.25) is 0 Å². The lowest BCUT2D eigenvalue weighted by Gasteiger charge is -1.85. The highest BCUT2D eigenvalue weighted by Gasteiger charge is 1.98. The maximum atomic E-state index is 4.10. The van der Waals surface area contributed by atoms with Crippen LogP contribution in [-0.2, 0) is 0 Å². The smallest absolute Gasteiger partial charge is 0.0836 e. The van der Waals surface area contributed by atoms with Gasteiger partial charge in [0.1, 0.15) is 0 Å². The number of aromatic nitrogens is 3. The summed E-state index contributed by atoms with van der Waals surface area (Å²) in [5.74, 6) is 0. The molecule has 0 unspecified atom stereocenters. The van der Waals surface area contributed by atoms with Crippen molar-refractivity contribution in [1.82, 2.24) is 14.4 Å². The Kier molecular flexibility index (Phi) is 4.94. The van der Waals surface area contributed by atoms with Crippen molar-refractivity contribution in [2.45, 2.75) is 27.7 Å². The summed E-state index contributed by atoms with van der Waals surface area (Å²) < 4.78 is 1.62. The van der Waals surface area contributed by atoms with Crippen molar-refractivity contribution >= 4 is 11.9 Å².